The van der Waals surface area contributed by atoms with Crippen molar-refractivity contribution >= 4 is 15.9 Å². The first-order chi connectivity index (χ1) is 7.61. The third-order valence-corrected chi connectivity index (χ3v) is 2.93. The molecule has 0 saturated heterocycles. The number of hydrogen-bond acceptors (Lipinski definition) is 3. The lowest BCUT2D eigenvalue weighted by Crippen LogP contribution is -2.08. The molecule has 84 valence electrons. The van der Waals surface area contributed by atoms with Crippen LogP contribution in [0.5, 0.6) is 0 Å². The highest BCUT2D eigenvalue weighted by atomic mass is 79.9. The van der Waals surface area contributed by atoms with E-state index in [1.54, 1.807) is 4.68 Å². The molecule has 5 heteroatoms. The van der Waals surface area contributed by atoms with Gasteiger partial charge in [0.2, 0.25) is 0 Å². The second-order valence-corrected chi connectivity index (χ2v) is 4.50. The molecule has 0 spiro atoms. The molecule has 0 radical (unpaired) electrons. The van der Waals surface area contributed by atoms with Gasteiger partial charge < -0.3 is 5.73 Å². The number of rotatable bonds is 2. The van der Waals surface area contributed by atoms with Gasteiger partial charge in [-0.3, -0.25) is 0 Å². The van der Waals surface area contributed by atoms with E-state index in [2.05, 4.69) is 26.0 Å². The molecule has 0 saturated carbocycles. The maximum atomic E-state index is 5.64. The SMILES string of the molecule is Cc1ccc(-n2nc(C)nc2CN)c(Br)c1. The predicted molar refractivity (Wildman–Crippen MR) is 66.4 cm³/mol. The minimum absolute atomic E-state index is 0.376. The second kappa shape index (κ2) is 4.35. The molecule has 2 aromatic rings. The number of hydrogen-bond donors (Lipinski definition) is 1. The topological polar surface area (TPSA) is 56.7 Å². The molecule has 1 aromatic carbocycles. The minimum atomic E-state index is 0.376. The number of nitrogens with zero attached hydrogens (tertiary/aromatic N) is 3. The first-order valence-corrected chi connectivity index (χ1v) is 5.80. The summed E-state index contributed by atoms with van der Waals surface area (Å²) in [7, 11) is 0. The van der Waals surface area contributed by atoms with Crippen LogP contribution in [-0.2, 0) is 6.54 Å². The predicted octanol–water partition coefficient (Wildman–Crippen LogP) is 2.11. The van der Waals surface area contributed by atoms with E-state index in [0.717, 1.165) is 21.8 Å². The van der Waals surface area contributed by atoms with Crippen molar-refractivity contribution in [3.8, 4) is 5.69 Å². The average molecular weight is 281 g/mol. The standard InChI is InChI=1S/C11H13BrN4/c1-7-3-4-10(9(12)5-7)16-11(6-13)14-8(2)15-16/h3-5H,6,13H2,1-2H3. The summed E-state index contributed by atoms with van der Waals surface area (Å²) in [4.78, 5) is 4.28. The summed E-state index contributed by atoms with van der Waals surface area (Å²) < 4.78 is 2.77. The van der Waals surface area contributed by atoms with E-state index in [1.807, 2.05) is 32.0 Å². The lowest BCUT2D eigenvalue weighted by atomic mass is 10.2. The quantitative estimate of drug-likeness (QED) is 0.917. The van der Waals surface area contributed by atoms with E-state index < -0.39 is 0 Å². The fourth-order valence-corrected chi connectivity index (χ4v) is 2.23. The van der Waals surface area contributed by atoms with Crippen LogP contribution in [0.25, 0.3) is 5.69 Å². The van der Waals surface area contributed by atoms with Crippen LogP contribution in [-0.4, -0.2) is 14.8 Å². The van der Waals surface area contributed by atoms with Gasteiger partial charge >= 0.3 is 0 Å². The Labute approximate surface area is 103 Å². The minimum Gasteiger partial charge on any atom is -0.324 e. The van der Waals surface area contributed by atoms with Gasteiger partial charge in [-0.25, -0.2) is 9.67 Å². The van der Waals surface area contributed by atoms with Gasteiger partial charge in [0.15, 0.2) is 0 Å². The van der Waals surface area contributed by atoms with Crippen LogP contribution in [0.15, 0.2) is 22.7 Å². The van der Waals surface area contributed by atoms with Gasteiger partial charge in [0.05, 0.1) is 12.2 Å². The van der Waals surface area contributed by atoms with Crippen molar-refractivity contribution < 1.29 is 0 Å². The summed E-state index contributed by atoms with van der Waals surface area (Å²) in [6.07, 6.45) is 0. The van der Waals surface area contributed by atoms with Crippen LogP contribution < -0.4 is 5.73 Å². The van der Waals surface area contributed by atoms with Gasteiger partial charge in [0, 0.05) is 4.47 Å². The van der Waals surface area contributed by atoms with E-state index in [0.29, 0.717) is 6.54 Å². The fraction of sp³-hybridized carbons (Fsp3) is 0.273. The largest absolute Gasteiger partial charge is 0.324 e. The van der Waals surface area contributed by atoms with Crippen molar-refractivity contribution in [2.75, 3.05) is 0 Å². The molecule has 2 rings (SSSR count). The van der Waals surface area contributed by atoms with E-state index in [-0.39, 0.29) is 0 Å². The Bertz CT molecular complexity index is 519. The van der Waals surface area contributed by atoms with E-state index in [1.165, 1.54) is 5.56 Å². The number of nitrogens with two attached hydrogens (primary N) is 1. The molecule has 0 bridgehead atoms. The van der Waals surface area contributed by atoms with E-state index in [9.17, 15) is 0 Å². The highest BCUT2D eigenvalue weighted by Gasteiger charge is 2.10. The Kier molecular flexibility index (Phi) is 3.07. The molecule has 0 aliphatic rings. The van der Waals surface area contributed by atoms with Gasteiger partial charge in [-0.15, -0.1) is 0 Å². The van der Waals surface area contributed by atoms with Crippen LogP contribution in [0, 0.1) is 13.8 Å². The van der Waals surface area contributed by atoms with Crippen molar-refractivity contribution in [1.82, 2.24) is 14.8 Å². The third-order valence-electron chi connectivity index (χ3n) is 2.29. The van der Waals surface area contributed by atoms with Gasteiger partial charge in [0.25, 0.3) is 0 Å². The molecule has 0 amide bonds. The molecule has 0 atom stereocenters. The zero-order valence-electron chi connectivity index (χ0n) is 9.24. The highest BCUT2D eigenvalue weighted by molar-refractivity contribution is 9.10. The molecule has 0 fully saturated rings. The summed E-state index contributed by atoms with van der Waals surface area (Å²) in [6, 6.07) is 6.09. The van der Waals surface area contributed by atoms with E-state index >= 15 is 0 Å². The summed E-state index contributed by atoms with van der Waals surface area (Å²) in [5.74, 6) is 1.50. The van der Waals surface area contributed by atoms with Crippen LogP contribution in [0.4, 0.5) is 0 Å². The van der Waals surface area contributed by atoms with Crippen molar-refractivity contribution in [3.63, 3.8) is 0 Å². The summed E-state index contributed by atoms with van der Waals surface area (Å²) in [5.41, 5.74) is 7.80. The van der Waals surface area contributed by atoms with Gasteiger partial charge in [-0.2, -0.15) is 5.10 Å². The molecule has 1 aromatic heterocycles. The third kappa shape index (κ3) is 2.01. The highest BCUT2D eigenvalue weighted by Crippen LogP contribution is 2.22. The zero-order valence-corrected chi connectivity index (χ0v) is 10.8. The number of aryl methyl sites for hydroxylation is 2. The molecular formula is C11H13BrN4. The smallest absolute Gasteiger partial charge is 0.148 e. The molecule has 0 unspecified atom stereocenters. The van der Waals surface area contributed by atoms with Crippen LogP contribution in [0.3, 0.4) is 0 Å². The molecule has 4 nitrogen and oxygen atoms in total. The summed E-state index contributed by atoms with van der Waals surface area (Å²) in [5, 5.41) is 4.34. The monoisotopic (exact) mass is 280 g/mol. The molecule has 1 heterocycles. The van der Waals surface area contributed by atoms with E-state index in [4.69, 9.17) is 5.73 Å². The second-order valence-electron chi connectivity index (χ2n) is 3.65. The first-order valence-electron chi connectivity index (χ1n) is 5.01. The number of halogens is 1. The van der Waals surface area contributed by atoms with Crippen molar-refractivity contribution in [2.24, 2.45) is 5.73 Å². The molecule has 2 N–H and O–H groups in total. The van der Waals surface area contributed by atoms with Crippen LogP contribution in [0.1, 0.15) is 17.2 Å². The van der Waals surface area contributed by atoms with Crippen molar-refractivity contribution in [2.45, 2.75) is 20.4 Å². The van der Waals surface area contributed by atoms with Gasteiger partial charge in [0.1, 0.15) is 11.6 Å². The van der Waals surface area contributed by atoms with Crippen molar-refractivity contribution in [3.05, 3.63) is 39.9 Å². The molecule has 0 aliphatic heterocycles. The lowest BCUT2D eigenvalue weighted by Gasteiger charge is -2.07. The molecular weight excluding hydrogens is 268 g/mol. The normalized spacial score (nSPS) is 10.8. The number of aromatic nitrogens is 3. The Hall–Kier alpha value is -1.20. The fourth-order valence-electron chi connectivity index (χ4n) is 1.57. The maximum Gasteiger partial charge on any atom is 0.148 e. The Morgan fingerprint density at radius 2 is 2.12 bits per heavy atom. The molecule has 16 heavy (non-hydrogen) atoms. The number of benzene rings is 1. The van der Waals surface area contributed by atoms with Gasteiger partial charge in [-0.1, -0.05) is 6.07 Å². The maximum absolute atomic E-state index is 5.64. The first kappa shape index (κ1) is 11.3. The van der Waals surface area contributed by atoms with Crippen LogP contribution in [0.2, 0.25) is 0 Å². The van der Waals surface area contributed by atoms with Crippen molar-refractivity contribution in [1.29, 1.82) is 0 Å². The summed E-state index contributed by atoms with van der Waals surface area (Å²) in [6.45, 7) is 4.28. The Balaban J connectivity index is 2.57. The lowest BCUT2D eigenvalue weighted by molar-refractivity contribution is 0.783. The molecule has 0 aliphatic carbocycles. The Morgan fingerprint density at radius 1 is 1.38 bits per heavy atom. The average Bonchev–Trinajstić information content (AvgIpc) is 2.59. The van der Waals surface area contributed by atoms with Gasteiger partial charge in [-0.05, 0) is 47.5 Å². The van der Waals surface area contributed by atoms with Crippen LogP contribution >= 0.6 is 15.9 Å². The summed E-state index contributed by atoms with van der Waals surface area (Å²) >= 11 is 3.53. The Morgan fingerprint density at radius 3 is 2.75 bits per heavy atom. The zero-order chi connectivity index (χ0) is 11.7.